The minimum Gasteiger partial charge on any atom is -0.266 e. The molecule has 102 valence electrons. The molecule has 0 spiro atoms. The maximum Gasteiger partial charge on any atom is 0.285 e. The van der Waals surface area contributed by atoms with Gasteiger partial charge in [0.15, 0.2) is 0 Å². The van der Waals surface area contributed by atoms with Crippen LogP contribution in [0, 0.1) is 6.92 Å². The van der Waals surface area contributed by atoms with E-state index in [1.165, 1.54) is 11.3 Å². The van der Waals surface area contributed by atoms with Crippen molar-refractivity contribution in [2.45, 2.75) is 6.92 Å². The van der Waals surface area contributed by atoms with E-state index >= 15 is 0 Å². The van der Waals surface area contributed by atoms with Gasteiger partial charge in [-0.3, -0.25) is 9.78 Å². The summed E-state index contributed by atoms with van der Waals surface area (Å²) in [7, 11) is 0. The van der Waals surface area contributed by atoms with Crippen LogP contribution in [0.5, 0.6) is 0 Å². The van der Waals surface area contributed by atoms with E-state index in [9.17, 15) is 4.79 Å². The second kappa shape index (κ2) is 4.42. The Kier molecular flexibility index (Phi) is 2.55. The predicted molar refractivity (Wildman–Crippen MR) is 81.3 cm³/mol. The number of aromatic amines is 1. The summed E-state index contributed by atoms with van der Waals surface area (Å²) in [5.41, 5.74) is 3.26. The lowest BCUT2D eigenvalue weighted by Crippen LogP contribution is -2.07. The molecule has 4 heterocycles. The van der Waals surface area contributed by atoms with Crippen LogP contribution < -0.4 is 5.56 Å². The molecule has 0 saturated heterocycles. The lowest BCUT2D eigenvalue weighted by atomic mass is 10.0. The van der Waals surface area contributed by atoms with Gasteiger partial charge < -0.3 is 0 Å². The average molecular weight is 295 g/mol. The first-order valence-electron chi connectivity index (χ1n) is 6.29. The van der Waals surface area contributed by atoms with E-state index in [1.54, 1.807) is 12.4 Å². The number of hydrogen-bond donors (Lipinski definition) is 1. The zero-order chi connectivity index (χ0) is 14.4. The van der Waals surface area contributed by atoms with Gasteiger partial charge in [-0.1, -0.05) is 5.21 Å². The number of aryl methyl sites for hydroxylation is 1. The van der Waals surface area contributed by atoms with Crippen LogP contribution in [0.25, 0.3) is 31.6 Å². The minimum absolute atomic E-state index is 0.235. The highest BCUT2D eigenvalue weighted by Crippen LogP contribution is 2.36. The highest BCUT2D eigenvalue weighted by atomic mass is 32.1. The summed E-state index contributed by atoms with van der Waals surface area (Å²) in [6.07, 6.45) is 3.48. The summed E-state index contributed by atoms with van der Waals surface area (Å²) in [6.45, 7) is 1.93. The van der Waals surface area contributed by atoms with Gasteiger partial charge in [0.25, 0.3) is 5.56 Å². The lowest BCUT2D eigenvalue weighted by molar-refractivity contribution is 0.876. The van der Waals surface area contributed by atoms with Crippen LogP contribution in [0.2, 0.25) is 0 Å². The Morgan fingerprint density at radius 2 is 2.05 bits per heavy atom. The molecule has 0 bridgehead atoms. The van der Waals surface area contributed by atoms with Crippen molar-refractivity contribution in [2.24, 2.45) is 0 Å². The number of rotatable bonds is 1. The van der Waals surface area contributed by atoms with E-state index < -0.39 is 0 Å². The molecule has 0 amide bonds. The summed E-state index contributed by atoms with van der Waals surface area (Å²) in [6, 6.07) is 5.85. The quantitative estimate of drug-likeness (QED) is 0.582. The number of nitrogens with zero attached hydrogens (tertiary/aromatic N) is 4. The highest BCUT2D eigenvalue weighted by Gasteiger charge is 2.16. The van der Waals surface area contributed by atoms with Crippen molar-refractivity contribution in [3.63, 3.8) is 0 Å². The van der Waals surface area contributed by atoms with E-state index in [-0.39, 0.29) is 5.56 Å². The van der Waals surface area contributed by atoms with E-state index in [0.717, 1.165) is 27.0 Å². The highest BCUT2D eigenvalue weighted by molar-refractivity contribution is 7.25. The summed E-state index contributed by atoms with van der Waals surface area (Å²) in [4.78, 5) is 21.3. The number of pyridine rings is 2. The predicted octanol–water partition coefficient (Wildman–Crippen LogP) is 2.30. The van der Waals surface area contributed by atoms with E-state index in [0.29, 0.717) is 10.2 Å². The minimum atomic E-state index is -0.235. The van der Waals surface area contributed by atoms with Gasteiger partial charge in [0.1, 0.15) is 15.0 Å². The molecule has 0 fully saturated rings. The molecule has 7 heteroatoms. The molecule has 0 atom stereocenters. The Labute approximate surface area is 122 Å². The molecule has 4 aromatic rings. The van der Waals surface area contributed by atoms with Gasteiger partial charge in [-0.05, 0) is 36.2 Å². The SMILES string of the molecule is Cc1cc(-c2ccncc2)c2c(n1)sc1c(=O)[nH]nnc12. The van der Waals surface area contributed by atoms with Crippen molar-refractivity contribution in [3.05, 3.63) is 46.6 Å². The van der Waals surface area contributed by atoms with Crippen molar-refractivity contribution < 1.29 is 0 Å². The molecule has 0 aliphatic rings. The Balaban J connectivity index is 2.23. The van der Waals surface area contributed by atoms with Gasteiger partial charge in [-0.15, -0.1) is 16.4 Å². The van der Waals surface area contributed by atoms with Crippen LogP contribution in [-0.2, 0) is 0 Å². The first kappa shape index (κ1) is 12.1. The van der Waals surface area contributed by atoms with Crippen molar-refractivity contribution in [1.29, 1.82) is 0 Å². The topological polar surface area (TPSA) is 84.4 Å². The van der Waals surface area contributed by atoms with Crippen molar-refractivity contribution in [2.75, 3.05) is 0 Å². The third-order valence-electron chi connectivity index (χ3n) is 3.26. The fourth-order valence-corrected chi connectivity index (χ4v) is 3.46. The molecule has 0 aliphatic heterocycles. The molecule has 4 aromatic heterocycles. The molecule has 4 rings (SSSR count). The summed E-state index contributed by atoms with van der Waals surface area (Å²) in [5, 5.41) is 11.0. The Morgan fingerprint density at radius 1 is 1.24 bits per heavy atom. The smallest absolute Gasteiger partial charge is 0.266 e. The summed E-state index contributed by atoms with van der Waals surface area (Å²) >= 11 is 1.34. The van der Waals surface area contributed by atoms with Crippen molar-refractivity contribution in [1.82, 2.24) is 25.4 Å². The molecule has 0 unspecified atom stereocenters. The average Bonchev–Trinajstić information content (AvgIpc) is 2.87. The Bertz CT molecular complexity index is 1020. The van der Waals surface area contributed by atoms with Crippen molar-refractivity contribution >= 4 is 31.8 Å². The van der Waals surface area contributed by atoms with Gasteiger partial charge >= 0.3 is 0 Å². The number of hydrogen-bond acceptors (Lipinski definition) is 6. The standard InChI is InChI=1S/C14H9N5OS/c1-7-6-9(8-2-4-15-5-3-8)10-11-12(21-14(10)16-7)13(20)18-19-17-11/h2-6H,1H3,(H,17,18,20). The van der Waals surface area contributed by atoms with Gasteiger partial charge in [-0.2, -0.15) is 0 Å². The van der Waals surface area contributed by atoms with Gasteiger partial charge in [0.2, 0.25) is 0 Å². The first-order chi connectivity index (χ1) is 10.2. The van der Waals surface area contributed by atoms with Crippen LogP contribution in [0.3, 0.4) is 0 Å². The summed E-state index contributed by atoms with van der Waals surface area (Å²) in [5.74, 6) is 0. The molecular weight excluding hydrogens is 286 g/mol. The molecular formula is C14H9N5OS. The summed E-state index contributed by atoms with van der Waals surface area (Å²) < 4.78 is 0.549. The largest absolute Gasteiger partial charge is 0.285 e. The van der Waals surface area contributed by atoms with E-state index in [4.69, 9.17) is 0 Å². The lowest BCUT2D eigenvalue weighted by Gasteiger charge is -2.04. The van der Waals surface area contributed by atoms with Crippen LogP contribution in [0.15, 0.2) is 35.4 Å². The molecule has 1 N–H and O–H groups in total. The number of nitrogens with one attached hydrogen (secondary N) is 1. The molecule has 0 aliphatic carbocycles. The maximum absolute atomic E-state index is 11.9. The first-order valence-corrected chi connectivity index (χ1v) is 7.11. The van der Waals surface area contributed by atoms with E-state index in [1.807, 2.05) is 25.1 Å². The molecule has 0 aromatic carbocycles. The van der Waals surface area contributed by atoms with Crippen molar-refractivity contribution in [3.8, 4) is 11.1 Å². The zero-order valence-electron chi connectivity index (χ0n) is 11.0. The fourth-order valence-electron chi connectivity index (χ4n) is 2.39. The van der Waals surface area contributed by atoms with Crippen LogP contribution in [0.4, 0.5) is 0 Å². The Morgan fingerprint density at radius 3 is 2.86 bits per heavy atom. The number of aromatic nitrogens is 5. The molecule has 6 nitrogen and oxygen atoms in total. The molecule has 0 saturated carbocycles. The maximum atomic E-state index is 11.9. The number of fused-ring (bicyclic) bond motifs is 3. The van der Waals surface area contributed by atoms with Crippen LogP contribution in [-0.4, -0.2) is 25.4 Å². The van der Waals surface area contributed by atoms with Gasteiger partial charge in [0, 0.05) is 23.5 Å². The normalized spacial score (nSPS) is 11.3. The van der Waals surface area contributed by atoms with Gasteiger partial charge in [-0.25, -0.2) is 10.1 Å². The fraction of sp³-hybridized carbons (Fsp3) is 0.0714. The second-order valence-electron chi connectivity index (χ2n) is 4.65. The number of H-pyrrole nitrogens is 1. The van der Waals surface area contributed by atoms with E-state index in [2.05, 4.69) is 25.4 Å². The third kappa shape index (κ3) is 1.82. The van der Waals surface area contributed by atoms with Crippen LogP contribution in [0.1, 0.15) is 5.69 Å². The second-order valence-corrected chi connectivity index (χ2v) is 5.65. The zero-order valence-corrected chi connectivity index (χ0v) is 11.8. The third-order valence-corrected chi connectivity index (χ3v) is 4.34. The van der Waals surface area contributed by atoms with Gasteiger partial charge in [0.05, 0.1) is 0 Å². The molecule has 0 radical (unpaired) electrons. The monoisotopic (exact) mass is 295 g/mol. The van der Waals surface area contributed by atoms with Crippen LogP contribution >= 0.6 is 11.3 Å². The Hall–Kier alpha value is -2.67. The number of thiophene rings is 1. The molecule has 21 heavy (non-hydrogen) atoms.